The van der Waals surface area contributed by atoms with Crippen molar-refractivity contribution >= 4 is 27.8 Å². The lowest BCUT2D eigenvalue weighted by Gasteiger charge is -2.23. The Balaban J connectivity index is 1.45. The van der Waals surface area contributed by atoms with Crippen molar-refractivity contribution in [2.75, 3.05) is 10.6 Å². The highest BCUT2D eigenvalue weighted by molar-refractivity contribution is 7.92. The minimum absolute atomic E-state index is 0.165. The van der Waals surface area contributed by atoms with E-state index in [1.807, 2.05) is 64.1 Å². The molecule has 8 heteroatoms. The van der Waals surface area contributed by atoms with Gasteiger partial charge < -0.3 is 4.57 Å². The summed E-state index contributed by atoms with van der Waals surface area (Å²) in [5, 5.41) is 4.18. The van der Waals surface area contributed by atoms with E-state index in [2.05, 4.69) is 34.2 Å². The van der Waals surface area contributed by atoms with E-state index in [4.69, 9.17) is 0 Å². The largest absolute Gasteiger partial charge is 0.318 e. The van der Waals surface area contributed by atoms with Crippen LogP contribution in [0.2, 0.25) is 0 Å². The van der Waals surface area contributed by atoms with Crippen molar-refractivity contribution < 1.29 is 13.2 Å². The molecule has 4 rings (SSSR count). The maximum absolute atomic E-state index is 12.7. The van der Waals surface area contributed by atoms with Crippen LogP contribution in [-0.4, -0.2) is 31.4 Å². The van der Waals surface area contributed by atoms with Crippen molar-refractivity contribution in [2.45, 2.75) is 41.2 Å². The lowest BCUT2D eigenvalue weighted by atomic mass is 10.1. The van der Waals surface area contributed by atoms with Crippen LogP contribution >= 0.6 is 0 Å². The van der Waals surface area contributed by atoms with Gasteiger partial charge in [0.1, 0.15) is 0 Å². The summed E-state index contributed by atoms with van der Waals surface area (Å²) in [6.07, 6.45) is 2.84. The zero-order valence-electron chi connectivity index (χ0n) is 23.2. The molecule has 0 fully saturated rings. The summed E-state index contributed by atoms with van der Waals surface area (Å²) in [5.41, 5.74) is 11.8. The van der Waals surface area contributed by atoms with E-state index in [1.165, 1.54) is 16.1 Å². The van der Waals surface area contributed by atoms with Crippen molar-refractivity contribution in [3.05, 3.63) is 118 Å². The first-order valence-corrected chi connectivity index (χ1v) is 14.5. The Morgan fingerprint density at radius 1 is 0.897 bits per heavy atom. The summed E-state index contributed by atoms with van der Waals surface area (Å²) in [5.74, 6) is -0.348. The Hall–Kier alpha value is -4.17. The van der Waals surface area contributed by atoms with Gasteiger partial charge in [0.25, 0.3) is 5.91 Å². The van der Waals surface area contributed by atoms with Gasteiger partial charge in [0.2, 0.25) is 10.0 Å². The van der Waals surface area contributed by atoms with Gasteiger partial charge in [0.05, 0.1) is 24.7 Å². The van der Waals surface area contributed by atoms with E-state index in [0.29, 0.717) is 11.3 Å². The van der Waals surface area contributed by atoms with Crippen molar-refractivity contribution in [2.24, 2.45) is 5.10 Å². The van der Waals surface area contributed by atoms with E-state index in [1.54, 1.807) is 30.5 Å². The fraction of sp³-hybridized carbons (Fsp3) is 0.226. The predicted octanol–water partition coefficient (Wildman–Crippen LogP) is 5.75. The van der Waals surface area contributed by atoms with Crippen LogP contribution in [-0.2, 0) is 16.6 Å². The number of aryl methyl sites for hydroxylation is 4. The number of hydrogen-bond acceptors (Lipinski definition) is 4. The Bertz CT molecular complexity index is 1650. The molecule has 0 bridgehead atoms. The predicted molar refractivity (Wildman–Crippen MR) is 158 cm³/mol. The number of aromatic nitrogens is 1. The van der Waals surface area contributed by atoms with E-state index < -0.39 is 10.0 Å². The Morgan fingerprint density at radius 3 is 2.23 bits per heavy atom. The number of benzene rings is 3. The lowest BCUT2D eigenvalue weighted by Crippen LogP contribution is -2.29. The normalized spacial score (nSPS) is 11.6. The molecule has 0 saturated carbocycles. The average Bonchev–Trinajstić information content (AvgIpc) is 3.16. The molecule has 0 unspecified atom stereocenters. The fourth-order valence-corrected chi connectivity index (χ4v) is 5.42. The summed E-state index contributed by atoms with van der Waals surface area (Å²) in [7, 11) is -3.50. The van der Waals surface area contributed by atoms with E-state index in [9.17, 15) is 13.2 Å². The highest BCUT2D eigenvalue weighted by Gasteiger charge is 2.19. The number of nitrogens with zero attached hydrogens (tertiary/aromatic N) is 3. The fourth-order valence-electron chi connectivity index (χ4n) is 4.54. The molecule has 1 aromatic heterocycles. The number of hydrazone groups is 1. The molecule has 7 nitrogen and oxygen atoms in total. The number of para-hydroxylation sites is 1. The van der Waals surface area contributed by atoms with Gasteiger partial charge in [-0.25, -0.2) is 13.8 Å². The molecule has 0 aliphatic heterocycles. The molecule has 4 aromatic rings. The van der Waals surface area contributed by atoms with E-state index in [-0.39, 0.29) is 12.5 Å². The molecule has 0 aliphatic carbocycles. The molecule has 3 aromatic carbocycles. The first kappa shape index (κ1) is 27.9. The number of anilines is 1. The molecule has 0 aliphatic rings. The van der Waals surface area contributed by atoms with Gasteiger partial charge in [-0.15, -0.1) is 0 Å². The maximum atomic E-state index is 12.7. The number of nitrogens with one attached hydrogen (secondary N) is 1. The van der Waals surface area contributed by atoms with E-state index in [0.717, 1.165) is 39.3 Å². The monoisotopic (exact) mass is 542 g/mol. The van der Waals surface area contributed by atoms with Crippen LogP contribution in [0, 0.1) is 34.6 Å². The number of carbonyl (C=O) groups is 1. The second-order valence-electron chi connectivity index (χ2n) is 9.88. The molecule has 0 atom stereocenters. The molecular formula is C31H34N4O3S. The third-order valence-electron chi connectivity index (χ3n) is 6.92. The van der Waals surface area contributed by atoms with Crippen LogP contribution in [0.25, 0.3) is 5.69 Å². The zero-order valence-corrected chi connectivity index (χ0v) is 24.0. The SMILES string of the molecule is Cc1ccc(N(Cc2ccc(C(=O)N/N=C/c3cc(C)n(-c4ccccc4C)c3C)cc2)S(C)(=O)=O)cc1C. The molecule has 0 spiro atoms. The topological polar surface area (TPSA) is 83.8 Å². The molecule has 1 heterocycles. The zero-order chi connectivity index (χ0) is 28.3. The van der Waals surface area contributed by atoms with Crippen LogP contribution in [0.3, 0.4) is 0 Å². The second-order valence-corrected chi connectivity index (χ2v) is 11.8. The van der Waals surface area contributed by atoms with Crippen LogP contribution in [0.4, 0.5) is 5.69 Å². The Labute approximate surface area is 230 Å². The summed E-state index contributed by atoms with van der Waals surface area (Å²) in [4.78, 5) is 12.7. The molecule has 202 valence electrons. The van der Waals surface area contributed by atoms with E-state index >= 15 is 0 Å². The standard InChI is InChI=1S/C31H34N4O3S/c1-21-11-16-29(17-23(21)3)34(39(6,37)38)20-26-12-14-27(15-13-26)31(36)33-32-19-28-18-24(4)35(25(28)5)30-10-8-7-9-22(30)2/h7-19H,20H2,1-6H3,(H,33,36)/b32-19+. The minimum Gasteiger partial charge on any atom is -0.318 e. The third-order valence-corrected chi connectivity index (χ3v) is 8.06. The van der Waals surface area contributed by atoms with Crippen molar-refractivity contribution in [1.29, 1.82) is 0 Å². The van der Waals surface area contributed by atoms with Gasteiger partial charge in [-0.2, -0.15) is 5.10 Å². The molecule has 0 saturated heterocycles. The van der Waals surface area contributed by atoms with Gasteiger partial charge in [-0.1, -0.05) is 36.4 Å². The Morgan fingerprint density at radius 2 is 1.59 bits per heavy atom. The van der Waals surface area contributed by atoms with Gasteiger partial charge in [0, 0.05) is 28.2 Å². The van der Waals surface area contributed by atoms with Crippen LogP contribution < -0.4 is 9.73 Å². The summed E-state index contributed by atoms with van der Waals surface area (Å²) >= 11 is 0. The highest BCUT2D eigenvalue weighted by atomic mass is 32.2. The van der Waals surface area contributed by atoms with Crippen LogP contribution in [0.15, 0.2) is 77.9 Å². The van der Waals surface area contributed by atoms with Gasteiger partial charge >= 0.3 is 0 Å². The number of carbonyl (C=O) groups excluding carboxylic acids is 1. The van der Waals surface area contributed by atoms with Crippen LogP contribution in [0.1, 0.15) is 49.6 Å². The molecule has 1 N–H and O–H groups in total. The quantitative estimate of drug-likeness (QED) is 0.227. The number of amides is 1. The van der Waals surface area contributed by atoms with Crippen molar-refractivity contribution in [1.82, 2.24) is 9.99 Å². The van der Waals surface area contributed by atoms with Gasteiger partial charge in [-0.3, -0.25) is 9.10 Å². The smallest absolute Gasteiger partial charge is 0.271 e. The molecule has 0 radical (unpaired) electrons. The average molecular weight is 543 g/mol. The summed E-state index contributed by atoms with van der Waals surface area (Å²) < 4.78 is 28.6. The van der Waals surface area contributed by atoms with Crippen molar-refractivity contribution in [3.63, 3.8) is 0 Å². The van der Waals surface area contributed by atoms with Crippen molar-refractivity contribution in [3.8, 4) is 5.69 Å². The summed E-state index contributed by atoms with van der Waals surface area (Å²) in [6.45, 7) is 10.3. The molecule has 39 heavy (non-hydrogen) atoms. The number of hydrogen-bond donors (Lipinski definition) is 1. The lowest BCUT2D eigenvalue weighted by molar-refractivity contribution is 0.0955. The molecular weight excluding hydrogens is 508 g/mol. The number of sulfonamides is 1. The van der Waals surface area contributed by atoms with Crippen LogP contribution in [0.5, 0.6) is 0 Å². The third kappa shape index (κ3) is 6.29. The van der Waals surface area contributed by atoms with Gasteiger partial charge in [0.15, 0.2) is 0 Å². The second kappa shape index (κ2) is 11.3. The Kier molecular flexibility index (Phi) is 8.06. The number of rotatable bonds is 8. The molecule has 1 amide bonds. The minimum atomic E-state index is -3.50. The highest BCUT2D eigenvalue weighted by Crippen LogP contribution is 2.24. The first-order valence-electron chi connectivity index (χ1n) is 12.7. The van der Waals surface area contributed by atoms with Gasteiger partial charge in [-0.05, 0) is 93.3 Å². The first-order chi connectivity index (χ1) is 18.5. The summed E-state index contributed by atoms with van der Waals surface area (Å²) in [6, 6.07) is 22.7. The maximum Gasteiger partial charge on any atom is 0.271 e.